The first-order valence-corrected chi connectivity index (χ1v) is 10.1. The molecule has 8 nitrogen and oxygen atoms in total. The number of benzene rings is 2. The fourth-order valence-electron chi connectivity index (χ4n) is 3.76. The fraction of sp³-hybridized carbons (Fsp3) is 0.125. The highest BCUT2D eigenvalue weighted by Gasteiger charge is 2.21. The molecule has 0 radical (unpaired) electrons. The number of aromatic hydroxyl groups is 1. The lowest BCUT2D eigenvalue weighted by Gasteiger charge is -2.04. The summed E-state index contributed by atoms with van der Waals surface area (Å²) in [6.45, 7) is 0.452. The van der Waals surface area contributed by atoms with Crippen molar-refractivity contribution < 1.29 is 9.84 Å². The van der Waals surface area contributed by atoms with Gasteiger partial charge in [0.1, 0.15) is 11.4 Å². The lowest BCUT2D eigenvalue weighted by atomic mass is 10.0. The number of nitrogens with two attached hydrogens (primary N) is 1. The van der Waals surface area contributed by atoms with E-state index in [9.17, 15) is 5.11 Å². The minimum absolute atomic E-state index is 0.0736. The van der Waals surface area contributed by atoms with Crippen LogP contribution in [0.25, 0.3) is 44.9 Å². The third-order valence-corrected chi connectivity index (χ3v) is 5.47. The number of ether oxygens (including phenoxy) is 1. The Morgan fingerprint density at radius 1 is 1.03 bits per heavy atom. The average Bonchev–Trinajstić information content (AvgIpc) is 3.38. The SMILES string of the molecule is COc1ccc(-c2ccc(-c3nn(C)c(-c4nc5ccc(CN)cc5[nH]4)c3O)cc2)cn1. The quantitative estimate of drug-likeness (QED) is 0.393. The van der Waals surface area contributed by atoms with Crippen molar-refractivity contribution in [3.05, 3.63) is 66.4 Å². The molecule has 3 heterocycles. The first kappa shape index (κ1) is 19.8. The maximum absolute atomic E-state index is 11.0. The van der Waals surface area contributed by atoms with Crippen LogP contribution in [-0.4, -0.2) is 36.9 Å². The van der Waals surface area contributed by atoms with E-state index in [0.717, 1.165) is 33.3 Å². The Morgan fingerprint density at radius 3 is 2.47 bits per heavy atom. The average molecular weight is 426 g/mol. The zero-order chi connectivity index (χ0) is 22.2. The van der Waals surface area contributed by atoms with Crippen LogP contribution in [0.1, 0.15) is 5.56 Å². The molecule has 0 saturated heterocycles. The Labute approximate surface area is 184 Å². The molecule has 5 aromatic rings. The molecule has 8 heteroatoms. The summed E-state index contributed by atoms with van der Waals surface area (Å²) >= 11 is 0. The van der Waals surface area contributed by atoms with Crippen LogP contribution in [0, 0.1) is 0 Å². The number of fused-ring (bicyclic) bond motifs is 1. The van der Waals surface area contributed by atoms with Gasteiger partial charge < -0.3 is 20.6 Å². The van der Waals surface area contributed by atoms with Crippen LogP contribution < -0.4 is 10.5 Å². The number of rotatable bonds is 5. The minimum atomic E-state index is 0.0736. The van der Waals surface area contributed by atoms with E-state index >= 15 is 0 Å². The molecular formula is C24H22N6O2. The summed E-state index contributed by atoms with van der Waals surface area (Å²) in [6, 6.07) is 17.4. The van der Waals surface area contributed by atoms with Crippen LogP contribution in [-0.2, 0) is 13.6 Å². The summed E-state index contributed by atoms with van der Waals surface area (Å²) in [5.41, 5.74) is 12.2. The van der Waals surface area contributed by atoms with Gasteiger partial charge in [-0.15, -0.1) is 0 Å². The highest BCUT2D eigenvalue weighted by atomic mass is 16.5. The number of hydrogen-bond acceptors (Lipinski definition) is 6. The highest BCUT2D eigenvalue weighted by Crippen LogP contribution is 2.37. The second-order valence-electron chi connectivity index (χ2n) is 7.48. The summed E-state index contributed by atoms with van der Waals surface area (Å²) in [5, 5.41) is 15.5. The molecule has 0 aliphatic carbocycles. The number of nitrogens with one attached hydrogen (secondary N) is 1. The number of imidazole rings is 1. The molecule has 0 fully saturated rings. The lowest BCUT2D eigenvalue weighted by molar-refractivity contribution is 0.398. The van der Waals surface area contributed by atoms with E-state index in [4.69, 9.17) is 10.5 Å². The number of aromatic nitrogens is 5. The van der Waals surface area contributed by atoms with E-state index in [1.54, 1.807) is 25.0 Å². The van der Waals surface area contributed by atoms with Gasteiger partial charge in [0.15, 0.2) is 11.6 Å². The largest absolute Gasteiger partial charge is 0.504 e. The first-order valence-electron chi connectivity index (χ1n) is 10.1. The minimum Gasteiger partial charge on any atom is -0.504 e. The summed E-state index contributed by atoms with van der Waals surface area (Å²) < 4.78 is 6.75. The third-order valence-electron chi connectivity index (χ3n) is 5.47. The van der Waals surface area contributed by atoms with Gasteiger partial charge in [0.2, 0.25) is 5.88 Å². The van der Waals surface area contributed by atoms with E-state index < -0.39 is 0 Å². The van der Waals surface area contributed by atoms with Crippen molar-refractivity contribution in [1.82, 2.24) is 24.7 Å². The first-order chi connectivity index (χ1) is 15.6. The number of methoxy groups -OCH3 is 1. The van der Waals surface area contributed by atoms with Gasteiger partial charge in [0.25, 0.3) is 0 Å². The zero-order valence-corrected chi connectivity index (χ0v) is 17.7. The van der Waals surface area contributed by atoms with Gasteiger partial charge >= 0.3 is 0 Å². The van der Waals surface area contributed by atoms with Crippen LogP contribution in [0.2, 0.25) is 0 Å². The standard InChI is InChI=1S/C24H22N6O2/c1-30-22(24-27-18-9-3-14(12-25)11-19(18)28-24)23(31)21(29-30)16-6-4-15(5-7-16)17-8-10-20(32-2)26-13-17/h3-11,13,31H,12,25H2,1-2H3,(H,27,28). The molecule has 5 rings (SSSR count). The number of hydrogen-bond donors (Lipinski definition) is 3. The highest BCUT2D eigenvalue weighted by molar-refractivity contribution is 5.83. The van der Waals surface area contributed by atoms with Crippen molar-refractivity contribution in [2.75, 3.05) is 7.11 Å². The predicted octanol–water partition coefficient (Wildman–Crippen LogP) is 3.87. The molecule has 32 heavy (non-hydrogen) atoms. The van der Waals surface area contributed by atoms with Crippen LogP contribution in [0.5, 0.6) is 11.6 Å². The van der Waals surface area contributed by atoms with Gasteiger partial charge in [-0.3, -0.25) is 4.68 Å². The molecule has 160 valence electrons. The topological polar surface area (TPSA) is 115 Å². The lowest BCUT2D eigenvalue weighted by Crippen LogP contribution is -1.95. The van der Waals surface area contributed by atoms with Crippen molar-refractivity contribution in [2.24, 2.45) is 12.8 Å². The Hall–Kier alpha value is -4.17. The molecule has 3 aromatic heterocycles. The van der Waals surface area contributed by atoms with Crippen molar-refractivity contribution in [1.29, 1.82) is 0 Å². The smallest absolute Gasteiger partial charge is 0.212 e. The van der Waals surface area contributed by atoms with Gasteiger partial charge in [-0.1, -0.05) is 30.3 Å². The number of nitrogens with zero attached hydrogens (tertiary/aromatic N) is 4. The van der Waals surface area contributed by atoms with Crippen LogP contribution in [0.4, 0.5) is 0 Å². The second-order valence-corrected chi connectivity index (χ2v) is 7.48. The van der Waals surface area contributed by atoms with E-state index in [2.05, 4.69) is 20.1 Å². The van der Waals surface area contributed by atoms with Gasteiger partial charge in [-0.2, -0.15) is 5.10 Å². The van der Waals surface area contributed by atoms with E-state index in [0.29, 0.717) is 29.6 Å². The van der Waals surface area contributed by atoms with Crippen molar-refractivity contribution in [3.63, 3.8) is 0 Å². The van der Waals surface area contributed by atoms with Crippen molar-refractivity contribution >= 4 is 11.0 Å². The normalized spacial score (nSPS) is 11.2. The third kappa shape index (κ3) is 3.36. The fourth-order valence-corrected chi connectivity index (χ4v) is 3.76. The second kappa shape index (κ2) is 7.82. The van der Waals surface area contributed by atoms with Crippen LogP contribution in [0.3, 0.4) is 0 Å². The van der Waals surface area contributed by atoms with Crippen molar-refractivity contribution in [3.8, 4) is 45.5 Å². The molecule has 0 spiro atoms. The maximum Gasteiger partial charge on any atom is 0.212 e. The van der Waals surface area contributed by atoms with E-state index in [-0.39, 0.29) is 5.75 Å². The Bertz CT molecular complexity index is 1400. The van der Waals surface area contributed by atoms with Gasteiger partial charge in [0.05, 0.1) is 18.1 Å². The molecule has 0 aliphatic rings. The predicted molar refractivity (Wildman–Crippen MR) is 123 cm³/mol. The monoisotopic (exact) mass is 426 g/mol. The van der Waals surface area contributed by atoms with Gasteiger partial charge in [-0.25, -0.2) is 9.97 Å². The molecule has 0 aliphatic heterocycles. The number of pyridine rings is 1. The zero-order valence-electron chi connectivity index (χ0n) is 17.7. The number of H-pyrrole nitrogens is 1. The summed E-state index contributed by atoms with van der Waals surface area (Å²) in [6.07, 6.45) is 1.77. The van der Waals surface area contributed by atoms with Crippen LogP contribution >= 0.6 is 0 Å². The van der Waals surface area contributed by atoms with Gasteiger partial charge in [0, 0.05) is 37.0 Å². The molecule has 2 aromatic carbocycles. The Kier molecular flexibility index (Phi) is 4.84. The molecule has 0 saturated carbocycles. The molecule has 0 unspecified atom stereocenters. The summed E-state index contributed by atoms with van der Waals surface area (Å²) in [4.78, 5) is 12.1. The van der Waals surface area contributed by atoms with Gasteiger partial charge in [-0.05, 0) is 29.3 Å². The number of aryl methyl sites for hydroxylation is 1. The summed E-state index contributed by atoms with van der Waals surface area (Å²) in [5.74, 6) is 1.19. The van der Waals surface area contributed by atoms with Crippen LogP contribution in [0.15, 0.2) is 60.8 Å². The molecule has 0 atom stereocenters. The van der Waals surface area contributed by atoms with E-state index in [1.807, 2.05) is 54.6 Å². The van der Waals surface area contributed by atoms with E-state index in [1.165, 1.54) is 0 Å². The Morgan fingerprint density at radius 2 is 1.78 bits per heavy atom. The summed E-state index contributed by atoms with van der Waals surface area (Å²) in [7, 11) is 3.38. The number of aromatic amines is 1. The maximum atomic E-state index is 11.0. The molecule has 4 N–H and O–H groups in total. The molecule has 0 amide bonds. The Balaban J connectivity index is 1.49. The molecular weight excluding hydrogens is 404 g/mol. The molecule has 0 bridgehead atoms. The van der Waals surface area contributed by atoms with Crippen molar-refractivity contribution in [2.45, 2.75) is 6.54 Å².